The highest BCUT2D eigenvalue weighted by molar-refractivity contribution is 6.91. The second-order valence-corrected chi connectivity index (χ2v) is 17.0. The molecule has 3 amide bonds. The van der Waals surface area contributed by atoms with Crippen LogP contribution in [0.15, 0.2) is 42.5 Å². The molecule has 2 fully saturated rings. The average molecular weight is 596 g/mol. The first-order valence-electron chi connectivity index (χ1n) is 14.6. The van der Waals surface area contributed by atoms with Crippen LogP contribution in [-0.2, 0) is 24.7 Å². The maximum Gasteiger partial charge on any atom is 0.261 e. The molecule has 5 rings (SSSR count). The Morgan fingerprint density at radius 2 is 1.95 bits per heavy atom. The summed E-state index contributed by atoms with van der Waals surface area (Å²) in [5.41, 5.74) is 0.150. The lowest BCUT2D eigenvalue weighted by Crippen LogP contribution is -2.52. The van der Waals surface area contributed by atoms with Gasteiger partial charge in [0.05, 0.1) is 40.4 Å². The first kappa shape index (κ1) is 30.2. The minimum Gasteiger partial charge on any atom is -0.497 e. The molecule has 0 radical (unpaired) electrons. The average Bonchev–Trinajstić information content (AvgIpc) is 3.64. The largest absolute Gasteiger partial charge is 0.497 e. The van der Waals surface area contributed by atoms with E-state index in [2.05, 4.69) is 35.9 Å². The van der Waals surface area contributed by atoms with Crippen LogP contribution in [0.5, 0.6) is 5.75 Å². The third-order valence-electron chi connectivity index (χ3n) is 9.52. The Bertz CT molecular complexity index is 1360. The molecular weight excluding hydrogens is 554 g/mol. The van der Waals surface area contributed by atoms with Gasteiger partial charge in [-0.25, -0.2) is 0 Å². The zero-order valence-corrected chi connectivity index (χ0v) is 25.8. The molecule has 0 saturated carbocycles. The summed E-state index contributed by atoms with van der Waals surface area (Å²) in [5.74, 6) is -0.488. The van der Waals surface area contributed by atoms with Crippen LogP contribution in [0.25, 0.3) is 0 Å². The van der Waals surface area contributed by atoms with Crippen LogP contribution in [0.2, 0.25) is 18.6 Å². The minimum absolute atomic E-state index is 0.0795. The fourth-order valence-corrected chi connectivity index (χ4v) is 11.3. The van der Waals surface area contributed by atoms with Crippen molar-refractivity contribution in [1.82, 2.24) is 4.90 Å². The van der Waals surface area contributed by atoms with Crippen LogP contribution in [-0.4, -0.2) is 79.4 Å². The van der Waals surface area contributed by atoms with Crippen molar-refractivity contribution in [2.45, 2.75) is 75.6 Å². The molecule has 3 heterocycles. The third kappa shape index (κ3) is 5.02. The first-order valence-corrected chi connectivity index (χ1v) is 17.7. The Balaban J connectivity index is 1.57. The standard InChI is InChI=1S/C31H41N3O7Si/c1-18-28(42(4,5)23-11-9-22(40-3)10-12-23)26(16-27(37)34-14-6-7-21(34)17-35)41-31(18)24-15-20(32-29(38)19(2)36)8-13-25(24)33-30(31)39/h8-13,15,18-19,21,26,28,35-36H,6-7,14,16-17H2,1-5H3,(H,32,38)(H,33,39)/t18-,19+,21+,26+,28-,31+/m1/s1. The van der Waals surface area contributed by atoms with Crippen LogP contribution >= 0.6 is 0 Å². The molecule has 2 saturated heterocycles. The predicted molar refractivity (Wildman–Crippen MR) is 161 cm³/mol. The molecule has 11 heteroatoms. The number of fused-ring (bicyclic) bond motifs is 2. The first-order chi connectivity index (χ1) is 19.9. The number of amides is 3. The summed E-state index contributed by atoms with van der Waals surface area (Å²) in [6, 6.07) is 12.9. The van der Waals surface area contributed by atoms with Crippen LogP contribution in [0.4, 0.5) is 11.4 Å². The van der Waals surface area contributed by atoms with E-state index in [1.807, 2.05) is 19.1 Å². The number of hydrogen-bond acceptors (Lipinski definition) is 7. The van der Waals surface area contributed by atoms with Gasteiger partial charge in [0.15, 0.2) is 5.60 Å². The van der Waals surface area contributed by atoms with Crippen LogP contribution in [0.1, 0.15) is 38.7 Å². The normalized spacial score (nSPS) is 27.6. The van der Waals surface area contributed by atoms with Crippen molar-refractivity contribution in [1.29, 1.82) is 0 Å². The number of nitrogens with zero attached hydrogens (tertiary/aromatic N) is 1. The third-order valence-corrected chi connectivity index (χ3v) is 13.9. The van der Waals surface area contributed by atoms with Crippen molar-refractivity contribution in [2.24, 2.45) is 5.92 Å². The molecule has 0 bridgehead atoms. The molecule has 42 heavy (non-hydrogen) atoms. The van der Waals surface area contributed by atoms with Crippen molar-refractivity contribution >= 4 is 42.4 Å². The predicted octanol–water partition coefficient (Wildman–Crippen LogP) is 2.56. The molecule has 0 unspecified atom stereocenters. The van der Waals surface area contributed by atoms with Gasteiger partial charge in [-0.2, -0.15) is 0 Å². The molecule has 2 aromatic rings. The SMILES string of the molecule is COc1ccc([Si](C)(C)[C@H]2[C@H](CC(=O)N3CCC[C@H]3CO)O[C@@]3(C(=O)Nc4ccc(NC(=O)[C@H](C)O)cc43)[C@@H]2C)cc1. The molecule has 2 aromatic carbocycles. The van der Waals surface area contributed by atoms with E-state index in [-0.39, 0.29) is 42.3 Å². The lowest BCUT2D eigenvalue weighted by Gasteiger charge is -2.37. The lowest BCUT2D eigenvalue weighted by atomic mass is 9.82. The van der Waals surface area contributed by atoms with Crippen LogP contribution in [0, 0.1) is 5.92 Å². The number of hydrogen-bond donors (Lipinski definition) is 4. The van der Waals surface area contributed by atoms with Crippen molar-refractivity contribution in [3.05, 3.63) is 48.0 Å². The fraction of sp³-hybridized carbons (Fsp3) is 0.516. The summed E-state index contributed by atoms with van der Waals surface area (Å²) >= 11 is 0. The maximum atomic E-state index is 13.9. The van der Waals surface area contributed by atoms with Crippen molar-refractivity contribution in [3.8, 4) is 5.75 Å². The molecule has 3 aliphatic rings. The van der Waals surface area contributed by atoms with Gasteiger partial charge < -0.3 is 35.2 Å². The summed E-state index contributed by atoms with van der Waals surface area (Å²) in [7, 11) is -0.796. The van der Waals surface area contributed by atoms with Gasteiger partial charge in [-0.3, -0.25) is 14.4 Å². The number of likely N-dealkylation sites (tertiary alicyclic amines) is 1. The van der Waals surface area contributed by atoms with Crippen LogP contribution < -0.4 is 20.6 Å². The number of carbonyl (C=O) groups excluding carboxylic acids is 3. The van der Waals surface area contributed by atoms with Gasteiger partial charge in [0.25, 0.3) is 11.8 Å². The molecule has 4 N–H and O–H groups in total. The molecule has 6 atom stereocenters. The zero-order chi connectivity index (χ0) is 30.4. The van der Waals surface area contributed by atoms with E-state index in [4.69, 9.17) is 9.47 Å². The van der Waals surface area contributed by atoms with Gasteiger partial charge in [-0.05, 0) is 55.6 Å². The molecular formula is C31H41N3O7Si. The number of aliphatic hydroxyl groups is 2. The minimum atomic E-state index is -2.42. The molecule has 1 spiro atoms. The molecule has 0 aromatic heterocycles. The van der Waals surface area contributed by atoms with Crippen molar-refractivity contribution < 1.29 is 34.1 Å². The number of nitrogens with one attached hydrogen (secondary N) is 2. The Morgan fingerprint density at radius 3 is 2.60 bits per heavy atom. The summed E-state index contributed by atoms with van der Waals surface area (Å²) in [6.07, 6.45) is -0.0438. The van der Waals surface area contributed by atoms with Gasteiger partial charge in [0, 0.05) is 29.4 Å². The van der Waals surface area contributed by atoms with Crippen LogP contribution in [0.3, 0.4) is 0 Å². The number of ether oxygens (including phenoxy) is 2. The monoisotopic (exact) mass is 595 g/mol. The number of methoxy groups -OCH3 is 1. The van der Waals surface area contributed by atoms with E-state index in [9.17, 15) is 24.6 Å². The number of aliphatic hydroxyl groups excluding tert-OH is 2. The molecule has 0 aliphatic carbocycles. The molecule has 10 nitrogen and oxygen atoms in total. The quantitative estimate of drug-likeness (QED) is 0.344. The van der Waals surface area contributed by atoms with Gasteiger partial charge in [0.1, 0.15) is 11.9 Å². The summed E-state index contributed by atoms with van der Waals surface area (Å²) in [4.78, 5) is 41.6. The number of anilines is 2. The number of benzene rings is 2. The number of carbonyl (C=O) groups is 3. The Labute approximate surface area is 247 Å². The topological polar surface area (TPSA) is 137 Å². The van der Waals surface area contributed by atoms with E-state index in [0.29, 0.717) is 23.5 Å². The van der Waals surface area contributed by atoms with E-state index in [1.54, 1.807) is 30.2 Å². The highest BCUT2D eigenvalue weighted by Crippen LogP contribution is 2.59. The van der Waals surface area contributed by atoms with E-state index < -0.39 is 31.8 Å². The van der Waals surface area contributed by atoms with Gasteiger partial charge in [-0.15, -0.1) is 0 Å². The highest BCUT2D eigenvalue weighted by Gasteiger charge is 2.65. The van der Waals surface area contributed by atoms with Crippen molar-refractivity contribution in [3.63, 3.8) is 0 Å². The lowest BCUT2D eigenvalue weighted by molar-refractivity contribution is -0.148. The number of rotatable bonds is 8. The van der Waals surface area contributed by atoms with E-state index in [0.717, 1.165) is 23.8 Å². The Morgan fingerprint density at radius 1 is 1.24 bits per heavy atom. The molecule has 3 aliphatic heterocycles. The van der Waals surface area contributed by atoms with E-state index >= 15 is 0 Å². The van der Waals surface area contributed by atoms with Gasteiger partial charge in [0.2, 0.25) is 5.91 Å². The second kappa shape index (κ2) is 11.4. The summed E-state index contributed by atoms with van der Waals surface area (Å²) in [5, 5.41) is 26.4. The van der Waals surface area contributed by atoms with Gasteiger partial charge in [-0.1, -0.05) is 37.3 Å². The summed E-state index contributed by atoms with van der Waals surface area (Å²) < 4.78 is 12.2. The second-order valence-electron chi connectivity index (χ2n) is 12.3. The van der Waals surface area contributed by atoms with E-state index in [1.165, 1.54) is 6.92 Å². The Hall–Kier alpha value is -3.25. The van der Waals surface area contributed by atoms with Gasteiger partial charge >= 0.3 is 0 Å². The Kier molecular flexibility index (Phi) is 8.23. The highest BCUT2D eigenvalue weighted by atomic mass is 28.3. The zero-order valence-electron chi connectivity index (χ0n) is 24.8. The smallest absolute Gasteiger partial charge is 0.261 e. The van der Waals surface area contributed by atoms with Crippen molar-refractivity contribution in [2.75, 3.05) is 30.9 Å². The molecule has 226 valence electrons. The summed E-state index contributed by atoms with van der Waals surface area (Å²) in [6.45, 7) is 8.41. The fourth-order valence-electron chi connectivity index (χ4n) is 7.30. The maximum absolute atomic E-state index is 13.9.